The van der Waals surface area contributed by atoms with Gasteiger partial charge >= 0.3 is 0 Å². The van der Waals surface area contributed by atoms with E-state index in [1.165, 1.54) is 0 Å². The SMILES string of the molecule is COC1=CC=C=C(C)C=C1. The van der Waals surface area contributed by atoms with Crippen molar-refractivity contribution in [1.82, 2.24) is 0 Å². The Hall–Kier alpha value is -1.20. The summed E-state index contributed by atoms with van der Waals surface area (Å²) in [6.07, 6.45) is 7.63. The molecule has 0 N–H and O–H groups in total. The molecular formula is C9H10O. The quantitative estimate of drug-likeness (QED) is 0.499. The molecule has 1 aliphatic carbocycles. The summed E-state index contributed by atoms with van der Waals surface area (Å²) in [5.74, 6) is 0.865. The van der Waals surface area contributed by atoms with E-state index in [9.17, 15) is 0 Å². The van der Waals surface area contributed by atoms with Crippen molar-refractivity contribution in [3.05, 3.63) is 41.4 Å². The van der Waals surface area contributed by atoms with E-state index < -0.39 is 0 Å². The molecule has 1 rings (SSSR count). The van der Waals surface area contributed by atoms with Gasteiger partial charge in [-0.25, -0.2) is 0 Å². The van der Waals surface area contributed by atoms with Crippen LogP contribution in [0.15, 0.2) is 41.4 Å². The third kappa shape index (κ3) is 1.64. The van der Waals surface area contributed by atoms with Gasteiger partial charge < -0.3 is 4.74 Å². The molecule has 0 aromatic rings. The number of rotatable bonds is 1. The first-order valence-corrected chi connectivity index (χ1v) is 3.18. The van der Waals surface area contributed by atoms with Crippen LogP contribution in [0.2, 0.25) is 0 Å². The van der Waals surface area contributed by atoms with Crippen LogP contribution in [0.25, 0.3) is 0 Å². The topological polar surface area (TPSA) is 9.23 Å². The Morgan fingerprint density at radius 2 is 2.20 bits per heavy atom. The maximum Gasteiger partial charge on any atom is 0.119 e. The smallest absolute Gasteiger partial charge is 0.119 e. The van der Waals surface area contributed by atoms with Crippen molar-refractivity contribution in [3.8, 4) is 0 Å². The van der Waals surface area contributed by atoms with Crippen molar-refractivity contribution >= 4 is 0 Å². The van der Waals surface area contributed by atoms with Gasteiger partial charge in [0.15, 0.2) is 0 Å². The zero-order valence-electron chi connectivity index (χ0n) is 6.22. The summed E-state index contributed by atoms with van der Waals surface area (Å²) in [5.41, 5.74) is 4.17. The summed E-state index contributed by atoms with van der Waals surface area (Å²) in [4.78, 5) is 0. The van der Waals surface area contributed by atoms with E-state index in [2.05, 4.69) is 5.73 Å². The van der Waals surface area contributed by atoms with E-state index in [0.717, 1.165) is 11.3 Å². The molecule has 0 aromatic heterocycles. The largest absolute Gasteiger partial charge is 0.497 e. The molecular weight excluding hydrogens is 124 g/mol. The fourth-order valence-electron chi connectivity index (χ4n) is 0.702. The Balaban J connectivity index is 2.85. The molecule has 0 unspecified atom stereocenters. The summed E-state index contributed by atoms with van der Waals surface area (Å²) in [6, 6.07) is 0. The molecule has 0 spiro atoms. The van der Waals surface area contributed by atoms with Gasteiger partial charge in [-0.3, -0.25) is 0 Å². The average molecular weight is 134 g/mol. The summed E-state index contributed by atoms with van der Waals surface area (Å²) < 4.78 is 5.01. The molecule has 1 nitrogen and oxygen atoms in total. The standard InChI is InChI=1S/C9H10O/c1-8-4-3-5-9(10-2)7-6-8/h3,5-7H,1-2H3. The van der Waals surface area contributed by atoms with Gasteiger partial charge in [0.25, 0.3) is 0 Å². The van der Waals surface area contributed by atoms with Crippen LogP contribution in [0.1, 0.15) is 6.92 Å². The molecule has 0 aliphatic heterocycles. The summed E-state index contributed by atoms with van der Waals surface area (Å²) >= 11 is 0. The van der Waals surface area contributed by atoms with Crippen LogP contribution in [0.5, 0.6) is 0 Å². The van der Waals surface area contributed by atoms with Gasteiger partial charge in [0, 0.05) is 0 Å². The Morgan fingerprint density at radius 3 is 2.90 bits per heavy atom. The minimum atomic E-state index is 0.865. The first kappa shape index (κ1) is 6.91. The lowest BCUT2D eigenvalue weighted by molar-refractivity contribution is 0.307. The average Bonchev–Trinajstić information content (AvgIpc) is 2.14. The fourth-order valence-corrected chi connectivity index (χ4v) is 0.702. The van der Waals surface area contributed by atoms with Crippen LogP contribution in [0.3, 0.4) is 0 Å². The van der Waals surface area contributed by atoms with Crippen molar-refractivity contribution in [1.29, 1.82) is 0 Å². The first-order valence-electron chi connectivity index (χ1n) is 3.18. The first-order chi connectivity index (χ1) is 4.83. The number of hydrogen-bond donors (Lipinski definition) is 0. The second-order valence-corrected chi connectivity index (χ2v) is 2.10. The highest BCUT2D eigenvalue weighted by molar-refractivity contribution is 5.29. The maximum absolute atomic E-state index is 5.01. The van der Waals surface area contributed by atoms with Crippen LogP contribution in [0, 0.1) is 0 Å². The normalized spacial score (nSPS) is 15.8. The van der Waals surface area contributed by atoms with Gasteiger partial charge in [0.1, 0.15) is 5.76 Å². The predicted molar refractivity (Wildman–Crippen MR) is 41.5 cm³/mol. The van der Waals surface area contributed by atoms with E-state index in [1.54, 1.807) is 7.11 Å². The predicted octanol–water partition coefficient (Wildman–Crippen LogP) is 2.19. The molecule has 0 atom stereocenters. The third-order valence-corrected chi connectivity index (χ3v) is 1.29. The van der Waals surface area contributed by atoms with Crippen molar-refractivity contribution in [2.24, 2.45) is 0 Å². The molecule has 0 saturated heterocycles. The van der Waals surface area contributed by atoms with Gasteiger partial charge in [0.2, 0.25) is 0 Å². The second kappa shape index (κ2) is 3.09. The Bertz CT molecular complexity index is 237. The molecule has 0 amide bonds. The molecule has 1 heteroatoms. The number of methoxy groups -OCH3 is 1. The van der Waals surface area contributed by atoms with E-state index in [4.69, 9.17) is 4.74 Å². The minimum Gasteiger partial charge on any atom is -0.497 e. The van der Waals surface area contributed by atoms with Crippen molar-refractivity contribution in [3.63, 3.8) is 0 Å². The molecule has 0 radical (unpaired) electrons. The Morgan fingerprint density at radius 1 is 1.40 bits per heavy atom. The Labute approximate surface area is 61.0 Å². The van der Waals surface area contributed by atoms with Gasteiger partial charge in [0.05, 0.1) is 7.11 Å². The highest BCUT2D eigenvalue weighted by Gasteiger charge is 1.88. The van der Waals surface area contributed by atoms with E-state index in [-0.39, 0.29) is 0 Å². The van der Waals surface area contributed by atoms with E-state index in [1.807, 2.05) is 31.2 Å². The van der Waals surface area contributed by atoms with Crippen molar-refractivity contribution in [2.45, 2.75) is 6.92 Å². The van der Waals surface area contributed by atoms with Crippen molar-refractivity contribution < 1.29 is 4.74 Å². The lowest BCUT2D eigenvalue weighted by Crippen LogP contribution is -1.78. The molecule has 0 saturated carbocycles. The molecule has 0 bridgehead atoms. The zero-order valence-corrected chi connectivity index (χ0v) is 6.22. The van der Waals surface area contributed by atoms with Crippen LogP contribution in [-0.4, -0.2) is 7.11 Å². The summed E-state index contributed by atoms with van der Waals surface area (Å²) in [5, 5.41) is 0. The van der Waals surface area contributed by atoms with Gasteiger partial charge in [-0.05, 0) is 36.8 Å². The van der Waals surface area contributed by atoms with E-state index in [0.29, 0.717) is 0 Å². The van der Waals surface area contributed by atoms with Gasteiger partial charge in [-0.2, -0.15) is 0 Å². The molecule has 1 aliphatic rings. The zero-order chi connectivity index (χ0) is 7.40. The maximum atomic E-state index is 5.01. The Kier molecular flexibility index (Phi) is 2.14. The summed E-state index contributed by atoms with van der Waals surface area (Å²) in [7, 11) is 1.66. The fraction of sp³-hybridized carbons (Fsp3) is 0.222. The lowest BCUT2D eigenvalue weighted by atomic mass is 10.3. The molecule has 10 heavy (non-hydrogen) atoms. The van der Waals surface area contributed by atoms with Crippen molar-refractivity contribution in [2.75, 3.05) is 7.11 Å². The van der Waals surface area contributed by atoms with Crippen LogP contribution in [0.4, 0.5) is 0 Å². The number of allylic oxidation sites excluding steroid dienone is 4. The molecule has 0 fully saturated rings. The number of hydrogen-bond acceptors (Lipinski definition) is 1. The minimum absolute atomic E-state index is 0.865. The second-order valence-electron chi connectivity index (χ2n) is 2.10. The highest BCUT2D eigenvalue weighted by atomic mass is 16.5. The lowest BCUT2D eigenvalue weighted by Gasteiger charge is -1.94. The van der Waals surface area contributed by atoms with E-state index >= 15 is 0 Å². The van der Waals surface area contributed by atoms with Gasteiger partial charge in [-0.1, -0.05) is 0 Å². The molecule has 0 heterocycles. The third-order valence-electron chi connectivity index (χ3n) is 1.29. The number of ether oxygens (including phenoxy) is 1. The monoisotopic (exact) mass is 134 g/mol. The van der Waals surface area contributed by atoms with Crippen LogP contribution < -0.4 is 0 Å². The van der Waals surface area contributed by atoms with Crippen LogP contribution >= 0.6 is 0 Å². The highest BCUT2D eigenvalue weighted by Crippen LogP contribution is 2.04. The molecule has 0 aromatic carbocycles. The van der Waals surface area contributed by atoms with Crippen LogP contribution in [-0.2, 0) is 4.74 Å². The summed E-state index contributed by atoms with van der Waals surface area (Å²) in [6.45, 7) is 2.00. The molecule has 52 valence electrons. The van der Waals surface area contributed by atoms with Gasteiger partial charge in [-0.15, -0.1) is 5.73 Å².